The zero-order chi connectivity index (χ0) is 43.7. The molecular formula is C47H52N12O5. The van der Waals surface area contributed by atoms with Crippen LogP contribution in [-0.4, -0.2) is 141 Å². The van der Waals surface area contributed by atoms with Gasteiger partial charge in [0.25, 0.3) is 11.8 Å². The third-order valence-electron chi connectivity index (χ3n) is 13.4. The molecular weight excluding hydrogens is 813 g/mol. The number of fused-ring (bicyclic) bond motifs is 2. The molecule has 3 aromatic carbocycles. The van der Waals surface area contributed by atoms with Crippen molar-refractivity contribution in [2.45, 2.75) is 56.7 Å². The predicted molar refractivity (Wildman–Crippen MR) is 240 cm³/mol. The summed E-state index contributed by atoms with van der Waals surface area (Å²) in [6.07, 6.45) is 6.76. The Morgan fingerprint density at radius 3 is 2.19 bits per heavy atom. The molecule has 17 heteroatoms. The van der Waals surface area contributed by atoms with Gasteiger partial charge in [-0.3, -0.25) is 44.0 Å². The summed E-state index contributed by atoms with van der Waals surface area (Å²) < 4.78 is 2.10. The van der Waals surface area contributed by atoms with E-state index in [4.69, 9.17) is 0 Å². The Labute approximate surface area is 370 Å². The molecule has 3 saturated heterocycles. The Hall–Kier alpha value is -6.72. The standard InChI is InChI=1S/C47H52N12O5/c60-39-15-14-38(45(62)53-39)59-46(63)36-8-4-9-37(41(36)47(59)64)57-24-20-55(21-25-57)17-5-16-54-18-22-56(23-19-54)34-12-10-32(11-13-34)52-43-42-44(49-29-48-43)58(30-50-42)35-27-33(28-35)51-40(61)26-31-6-2-1-3-7-31/h1-4,6-13,29-30,33,35,38H,5,14-28H2,(H,51,61)(H,48,49,52)(H,53,60,62). The molecule has 10 rings (SSSR count). The molecule has 6 heterocycles. The van der Waals surface area contributed by atoms with Gasteiger partial charge in [0.2, 0.25) is 17.7 Å². The molecule has 1 saturated carbocycles. The first kappa shape index (κ1) is 41.3. The van der Waals surface area contributed by atoms with Gasteiger partial charge in [-0.2, -0.15) is 0 Å². The number of carbonyl (C=O) groups excluding carboxylic acids is 5. The highest BCUT2D eigenvalue weighted by Gasteiger charge is 2.46. The number of piperidine rings is 1. The molecule has 4 fully saturated rings. The highest BCUT2D eigenvalue weighted by Crippen LogP contribution is 2.37. The normalized spacial score (nSPS) is 21.8. The highest BCUT2D eigenvalue weighted by atomic mass is 16.2. The quantitative estimate of drug-likeness (QED) is 0.147. The molecule has 2 aromatic heterocycles. The number of imidazole rings is 1. The number of amides is 5. The average molecular weight is 865 g/mol. The number of rotatable bonds is 13. The monoisotopic (exact) mass is 864 g/mol. The lowest BCUT2D eigenvalue weighted by atomic mass is 9.86. The molecule has 5 aromatic rings. The molecule has 0 radical (unpaired) electrons. The van der Waals surface area contributed by atoms with Crippen LogP contribution in [0.5, 0.6) is 0 Å². The second-order valence-corrected chi connectivity index (χ2v) is 17.4. The Kier molecular flexibility index (Phi) is 11.5. The van der Waals surface area contributed by atoms with Crippen LogP contribution in [0.2, 0.25) is 0 Å². The Balaban J connectivity index is 0.653. The van der Waals surface area contributed by atoms with Crippen molar-refractivity contribution in [1.29, 1.82) is 0 Å². The molecule has 5 amide bonds. The van der Waals surface area contributed by atoms with Crippen LogP contribution in [0.1, 0.15) is 64.4 Å². The maximum Gasteiger partial charge on any atom is 0.264 e. The van der Waals surface area contributed by atoms with Gasteiger partial charge >= 0.3 is 0 Å². The van der Waals surface area contributed by atoms with Crippen LogP contribution in [0, 0.1) is 0 Å². The van der Waals surface area contributed by atoms with Crippen LogP contribution < -0.4 is 25.8 Å². The molecule has 3 N–H and O–H groups in total. The van der Waals surface area contributed by atoms with Crippen molar-refractivity contribution >= 4 is 63.6 Å². The van der Waals surface area contributed by atoms with Gasteiger partial charge in [0.05, 0.1) is 29.6 Å². The first-order chi connectivity index (χ1) is 31.3. The number of carbonyl (C=O) groups is 5. The second kappa shape index (κ2) is 17.8. The minimum atomic E-state index is -0.975. The van der Waals surface area contributed by atoms with Crippen LogP contribution in [0.3, 0.4) is 0 Å². The van der Waals surface area contributed by atoms with Crippen molar-refractivity contribution in [3.05, 3.63) is 102 Å². The fourth-order valence-corrected chi connectivity index (χ4v) is 9.82. The maximum atomic E-state index is 13.6. The predicted octanol–water partition coefficient (Wildman–Crippen LogP) is 3.37. The summed E-state index contributed by atoms with van der Waals surface area (Å²) in [5.41, 5.74) is 6.02. The first-order valence-corrected chi connectivity index (χ1v) is 22.4. The zero-order valence-corrected chi connectivity index (χ0v) is 35.7. The van der Waals surface area contributed by atoms with Gasteiger partial charge in [0, 0.05) is 82.2 Å². The van der Waals surface area contributed by atoms with E-state index in [1.54, 1.807) is 18.5 Å². The van der Waals surface area contributed by atoms with Gasteiger partial charge in [-0.25, -0.2) is 15.0 Å². The molecule has 5 aliphatic rings. The topological polar surface area (TPSA) is 181 Å². The lowest BCUT2D eigenvalue weighted by Gasteiger charge is -2.38. The van der Waals surface area contributed by atoms with Crippen LogP contribution >= 0.6 is 0 Å². The minimum absolute atomic E-state index is 0.0455. The SMILES string of the molecule is O=C1CCC(N2C(=O)c3cccc(N4CCN(CCCN5CCN(c6ccc(Nc7ncnc8c7ncn8C7CC(NC(=O)Cc8ccccc8)C7)cc6)CC5)CC4)c3C2=O)C(=O)N1. The van der Waals surface area contributed by atoms with Crippen molar-refractivity contribution in [3.8, 4) is 0 Å². The summed E-state index contributed by atoms with van der Waals surface area (Å²) in [4.78, 5) is 88.2. The van der Waals surface area contributed by atoms with Crippen LogP contribution in [0.15, 0.2) is 85.5 Å². The number of hydrogen-bond donors (Lipinski definition) is 3. The van der Waals surface area contributed by atoms with Crippen molar-refractivity contribution in [3.63, 3.8) is 0 Å². The fourth-order valence-electron chi connectivity index (χ4n) is 9.82. The highest BCUT2D eigenvalue weighted by molar-refractivity contribution is 6.25. The number of imide groups is 2. The van der Waals surface area contributed by atoms with E-state index < -0.39 is 23.8 Å². The molecule has 330 valence electrons. The first-order valence-electron chi connectivity index (χ1n) is 22.4. The molecule has 4 aliphatic heterocycles. The molecule has 1 atom stereocenters. The number of nitrogens with zero attached hydrogens (tertiary/aromatic N) is 9. The van der Waals surface area contributed by atoms with Crippen molar-refractivity contribution in [2.75, 3.05) is 80.6 Å². The van der Waals surface area contributed by atoms with Crippen molar-refractivity contribution in [1.82, 2.24) is 44.9 Å². The summed E-state index contributed by atoms with van der Waals surface area (Å²) in [5.74, 6) is -1.22. The third kappa shape index (κ3) is 8.40. The van der Waals surface area contributed by atoms with Gasteiger partial charge in [0.1, 0.15) is 12.4 Å². The fraction of sp³-hybridized carbons (Fsp3) is 0.404. The molecule has 17 nitrogen and oxygen atoms in total. The van der Waals surface area contributed by atoms with Crippen molar-refractivity contribution in [2.24, 2.45) is 0 Å². The Bertz CT molecular complexity index is 2560. The van der Waals surface area contributed by atoms with E-state index >= 15 is 0 Å². The van der Waals surface area contributed by atoms with E-state index in [1.807, 2.05) is 42.7 Å². The molecule has 1 aliphatic carbocycles. The smallest absolute Gasteiger partial charge is 0.264 e. The van der Waals surface area contributed by atoms with Crippen LogP contribution in [-0.2, 0) is 20.8 Å². The van der Waals surface area contributed by atoms with Gasteiger partial charge in [-0.1, -0.05) is 36.4 Å². The van der Waals surface area contributed by atoms with Gasteiger partial charge in [-0.15, -0.1) is 0 Å². The third-order valence-corrected chi connectivity index (χ3v) is 13.4. The molecule has 0 bridgehead atoms. The van der Waals surface area contributed by atoms with E-state index in [9.17, 15) is 24.0 Å². The molecule has 0 spiro atoms. The lowest BCUT2D eigenvalue weighted by molar-refractivity contribution is -0.136. The number of benzene rings is 3. The summed E-state index contributed by atoms with van der Waals surface area (Å²) in [7, 11) is 0. The van der Waals surface area contributed by atoms with E-state index in [-0.39, 0.29) is 36.7 Å². The Morgan fingerprint density at radius 1 is 0.750 bits per heavy atom. The largest absolute Gasteiger partial charge is 0.369 e. The van der Waals surface area contributed by atoms with Crippen molar-refractivity contribution < 1.29 is 24.0 Å². The van der Waals surface area contributed by atoms with Gasteiger partial charge < -0.3 is 25.0 Å². The zero-order valence-electron chi connectivity index (χ0n) is 35.7. The summed E-state index contributed by atoms with van der Waals surface area (Å²) in [6.45, 7) is 9.11. The average Bonchev–Trinajstić information content (AvgIpc) is 3.84. The number of anilines is 4. The summed E-state index contributed by atoms with van der Waals surface area (Å²) in [6, 6.07) is 23.0. The number of nitrogens with one attached hydrogen (secondary N) is 3. The lowest BCUT2D eigenvalue weighted by Crippen LogP contribution is -2.54. The van der Waals surface area contributed by atoms with Gasteiger partial charge in [-0.05, 0) is 80.7 Å². The second-order valence-electron chi connectivity index (χ2n) is 17.4. The maximum absolute atomic E-state index is 13.6. The van der Waals surface area contributed by atoms with E-state index in [1.165, 1.54) is 5.69 Å². The molecule has 64 heavy (non-hydrogen) atoms. The van der Waals surface area contributed by atoms with Crippen LogP contribution in [0.4, 0.5) is 22.9 Å². The summed E-state index contributed by atoms with van der Waals surface area (Å²) >= 11 is 0. The molecule has 1 unspecified atom stereocenters. The summed E-state index contributed by atoms with van der Waals surface area (Å²) in [5, 5.41) is 8.89. The number of aromatic nitrogens is 4. The number of hydrogen-bond acceptors (Lipinski definition) is 13. The van der Waals surface area contributed by atoms with E-state index in [0.29, 0.717) is 23.4 Å². The Morgan fingerprint density at radius 2 is 1.47 bits per heavy atom. The minimum Gasteiger partial charge on any atom is -0.369 e. The van der Waals surface area contributed by atoms with E-state index in [2.05, 4.69) is 79.3 Å². The van der Waals surface area contributed by atoms with Crippen LogP contribution in [0.25, 0.3) is 11.2 Å². The van der Waals surface area contributed by atoms with Gasteiger partial charge in [0.15, 0.2) is 17.0 Å². The van der Waals surface area contributed by atoms with E-state index in [0.717, 1.165) is 118 Å². The number of piperazine rings is 2.